The van der Waals surface area contributed by atoms with E-state index >= 15 is 0 Å². The average molecular weight is 135 g/mol. The summed E-state index contributed by atoms with van der Waals surface area (Å²) in [7, 11) is 0. The Hall–Kier alpha value is -1.72. The van der Waals surface area contributed by atoms with Gasteiger partial charge in [0.05, 0.1) is 0 Å². The minimum atomic E-state index is 0.512. The fourth-order valence-electron chi connectivity index (χ4n) is 0.603. The molecule has 1 radical (unpaired) electrons. The van der Waals surface area contributed by atoms with Crippen LogP contribution in [0.3, 0.4) is 0 Å². The van der Waals surface area contributed by atoms with Crippen LogP contribution < -0.4 is 0 Å². The van der Waals surface area contributed by atoms with Crippen LogP contribution in [-0.2, 0) is 0 Å². The highest BCUT2D eigenvalue weighted by Gasteiger charge is 1.96. The van der Waals surface area contributed by atoms with Crippen molar-refractivity contribution in [2.24, 2.45) is 0 Å². The van der Waals surface area contributed by atoms with Crippen LogP contribution in [-0.4, -0.2) is 30.2 Å². The van der Waals surface area contributed by atoms with Crippen molar-refractivity contribution >= 4 is 0 Å². The highest BCUT2D eigenvalue weighted by atomic mass is 15.5. The van der Waals surface area contributed by atoms with Gasteiger partial charge in [-0.15, -0.1) is 0 Å². The molecule has 6 nitrogen and oxygen atoms in total. The Balaban J connectivity index is 2.48. The number of tetrazole rings is 1. The van der Waals surface area contributed by atoms with Crippen LogP contribution in [0.5, 0.6) is 0 Å². The molecular weight excluding hydrogens is 132 g/mol. The van der Waals surface area contributed by atoms with E-state index < -0.39 is 0 Å². The number of aromatic amines is 1. The maximum absolute atomic E-state index is 3.70. The van der Waals surface area contributed by atoms with E-state index in [1.807, 2.05) is 0 Å². The average Bonchev–Trinajstić information content (AvgIpc) is 2.59. The number of hydrogen-bond acceptors (Lipinski definition) is 4. The third kappa shape index (κ3) is 0.661. The van der Waals surface area contributed by atoms with E-state index in [2.05, 4.69) is 31.9 Å². The summed E-state index contributed by atoms with van der Waals surface area (Å²) < 4.78 is 1.56. The van der Waals surface area contributed by atoms with Crippen LogP contribution in [0.25, 0.3) is 5.95 Å². The maximum Gasteiger partial charge on any atom is 0.252 e. The number of nitrogens with one attached hydrogen (secondary N) is 1. The van der Waals surface area contributed by atoms with Crippen molar-refractivity contribution < 1.29 is 0 Å². The number of nitrogens with zero attached hydrogens (tertiary/aromatic N) is 5. The summed E-state index contributed by atoms with van der Waals surface area (Å²) in [4.78, 5) is 3.70. The summed E-state index contributed by atoms with van der Waals surface area (Å²) in [6.45, 7) is 0. The zero-order valence-corrected chi connectivity index (χ0v) is 4.89. The van der Waals surface area contributed by atoms with Gasteiger partial charge in [-0.1, -0.05) is 5.10 Å². The Kier molecular flexibility index (Phi) is 0.970. The first-order chi connectivity index (χ1) is 4.97. The van der Waals surface area contributed by atoms with Crippen molar-refractivity contribution in [2.45, 2.75) is 0 Å². The minimum Gasteiger partial charge on any atom is -0.264 e. The molecule has 0 amide bonds. The van der Waals surface area contributed by atoms with Gasteiger partial charge in [-0.05, 0) is 10.4 Å². The smallest absolute Gasteiger partial charge is 0.252 e. The Morgan fingerprint density at radius 3 is 3.20 bits per heavy atom. The lowest BCUT2D eigenvalue weighted by Crippen LogP contribution is -1.92. The quantitative estimate of drug-likeness (QED) is 0.554. The lowest BCUT2D eigenvalue weighted by Gasteiger charge is -1.87. The first-order valence-corrected chi connectivity index (χ1v) is 2.62. The number of aromatic nitrogens is 6. The monoisotopic (exact) mass is 135 g/mol. The normalized spacial score (nSPS) is 10.0. The van der Waals surface area contributed by atoms with E-state index in [-0.39, 0.29) is 0 Å². The minimum absolute atomic E-state index is 0.512. The van der Waals surface area contributed by atoms with Gasteiger partial charge in [0.2, 0.25) is 0 Å². The largest absolute Gasteiger partial charge is 0.264 e. The summed E-state index contributed by atoms with van der Waals surface area (Å²) in [5.74, 6) is 0.512. The summed E-state index contributed by atoms with van der Waals surface area (Å²) in [6.07, 6.45) is 5.93. The van der Waals surface area contributed by atoms with Gasteiger partial charge in [0, 0.05) is 12.4 Å². The molecule has 0 unspecified atom stereocenters. The summed E-state index contributed by atoms with van der Waals surface area (Å²) in [5.41, 5.74) is 0. The van der Waals surface area contributed by atoms with Gasteiger partial charge < -0.3 is 0 Å². The zero-order chi connectivity index (χ0) is 6.81. The van der Waals surface area contributed by atoms with E-state index in [9.17, 15) is 0 Å². The second kappa shape index (κ2) is 1.90. The molecule has 0 aliphatic carbocycles. The molecule has 0 saturated carbocycles. The van der Waals surface area contributed by atoms with Crippen molar-refractivity contribution in [3.63, 3.8) is 0 Å². The van der Waals surface area contributed by atoms with Gasteiger partial charge in [0.25, 0.3) is 5.95 Å². The van der Waals surface area contributed by atoms with Crippen molar-refractivity contribution in [1.29, 1.82) is 0 Å². The van der Waals surface area contributed by atoms with Crippen LogP contribution in [0.15, 0.2) is 12.4 Å². The molecule has 0 fully saturated rings. The first kappa shape index (κ1) is 5.10. The molecule has 2 rings (SSSR count). The molecule has 10 heavy (non-hydrogen) atoms. The maximum atomic E-state index is 3.70. The van der Waals surface area contributed by atoms with Crippen LogP contribution in [0.1, 0.15) is 0 Å². The summed E-state index contributed by atoms with van der Waals surface area (Å²) in [6, 6.07) is 0. The van der Waals surface area contributed by atoms with Gasteiger partial charge in [0.15, 0.2) is 6.33 Å². The van der Waals surface area contributed by atoms with Gasteiger partial charge in [-0.2, -0.15) is 0 Å². The van der Waals surface area contributed by atoms with Gasteiger partial charge >= 0.3 is 0 Å². The van der Waals surface area contributed by atoms with E-state index in [0.717, 1.165) is 0 Å². The first-order valence-electron chi connectivity index (χ1n) is 2.62. The van der Waals surface area contributed by atoms with Crippen LogP contribution in [0.4, 0.5) is 0 Å². The van der Waals surface area contributed by atoms with E-state index in [1.54, 1.807) is 17.0 Å². The van der Waals surface area contributed by atoms with E-state index in [1.165, 1.54) is 0 Å². The predicted molar refractivity (Wildman–Crippen MR) is 30.1 cm³/mol. The summed E-state index contributed by atoms with van der Waals surface area (Å²) >= 11 is 0. The van der Waals surface area contributed by atoms with Crippen molar-refractivity contribution in [3.8, 4) is 5.95 Å². The fourth-order valence-corrected chi connectivity index (χ4v) is 0.603. The molecule has 2 heterocycles. The second-order valence-corrected chi connectivity index (χ2v) is 1.62. The van der Waals surface area contributed by atoms with Crippen LogP contribution >= 0.6 is 0 Å². The SMILES string of the molecule is [c]1nccn1-c1nnn[nH]1. The Morgan fingerprint density at radius 1 is 1.60 bits per heavy atom. The number of H-pyrrole nitrogens is 1. The molecule has 0 bridgehead atoms. The van der Waals surface area contributed by atoms with Crippen molar-refractivity contribution in [1.82, 2.24) is 30.2 Å². The Morgan fingerprint density at radius 2 is 2.60 bits per heavy atom. The Labute approximate surface area is 55.9 Å². The summed E-state index contributed by atoms with van der Waals surface area (Å²) in [5, 5.41) is 13.0. The number of hydrogen-bond donors (Lipinski definition) is 1. The predicted octanol–water partition coefficient (Wildman–Crippen LogP) is -0.814. The molecular formula is C4H3N6. The molecule has 0 saturated heterocycles. The second-order valence-electron chi connectivity index (χ2n) is 1.62. The van der Waals surface area contributed by atoms with Crippen LogP contribution in [0, 0.1) is 6.33 Å². The van der Waals surface area contributed by atoms with E-state index in [4.69, 9.17) is 0 Å². The van der Waals surface area contributed by atoms with Gasteiger partial charge in [-0.25, -0.2) is 10.1 Å². The topological polar surface area (TPSA) is 72.3 Å². The third-order valence-electron chi connectivity index (χ3n) is 1.02. The van der Waals surface area contributed by atoms with Crippen molar-refractivity contribution in [2.75, 3.05) is 0 Å². The molecule has 2 aromatic rings. The molecule has 0 spiro atoms. The highest BCUT2D eigenvalue weighted by molar-refractivity contribution is 5.03. The molecule has 1 N–H and O–H groups in total. The molecule has 0 aliphatic rings. The fraction of sp³-hybridized carbons (Fsp3) is 0. The molecule has 0 aromatic carbocycles. The molecule has 2 aromatic heterocycles. The number of imidazole rings is 1. The standard InChI is InChI=1S/C4H3N6/c1-2-10(3-5-1)4-6-8-9-7-4/h1-2H,(H,6,7,8,9). The molecule has 49 valence electrons. The molecule has 6 heteroatoms. The van der Waals surface area contributed by atoms with Crippen molar-refractivity contribution in [3.05, 3.63) is 18.7 Å². The number of rotatable bonds is 1. The zero-order valence-electron chi connectivity index (χ0n) is 4.89. The van der Waals surface area contributed by atoms with Gasteiger partial charge in [-0.3, -0.25) is 4.57 Å². The molecule has 0 aliphatic heterocycles. The highest BCUT2D eigenvalue weighted by Crippen LogP contribution is 1.92. The Bertz CT molecular complexity index is 249. The lowest BCUT2D eigenvalue weighted by molar-refractivity contribution is 0.881. The molecule has 0 atom stereocenters. The van der Waals surface area contributed by atoms with E-state index in [0.29, 0.717) is 5.95 Å². The van der Waals surface area contributed by atoms with Crippen LogP contribution in [0.2, 0.25) is 0 Å². The lowest BCUT2D eigenvalue weighted by atomic mass is 10.9. The van der Waals surface area contributed by atoms with Gasteiger partial charge in [0.1, 0.15) is 0 Å². The third-order valence-corrected chi connectivity index (χ3v) is 1.02.